The first-order chi connectivity index (χ1) is 20.3. The standard InChI is InChI=1S/C34H44ClNO7/c1-6-29(37)27-14-11-23(27)20-36-16-8-7-9-22-17-26(35)13-10-24(22)21-42-30-15-12-25(18-28(30)36)34(40,32(39)41-5)19-31(38)43-33(2,3)4/h6,10,12-13,15,17-18,23,27,29,37,40H,1,7-9,11,14,16,19-21H2,2-5H3/t23-,27+,29-,34?/m0/s1. The van der Waals surface area contributed by atoms with Crippen LogP contribution in [0.4, 0.5) is 5.69 Å². The number of hydrogen-bond donors (Lipinski definition) is 2. The smallest absolute Gasteiger partial charge is 0.343 e. The fraction of sp³-hybridized carbons (Fsp3) is 0.529. The summed E-state index contributed by atoms with van der Waals surface area (Å²) in [5.41, 5.74) is 0.0131. The predicted molar refractivity (Wildman–Crippen MR) is 166 cm³/mol. The number of esters is 2. The highest BCUT2D eigenvalue weighted by atomic mass is 35.5. The van der Waals surface area contributed by atoms with Crippen LogP contribution in [-0.4, -0.2) is 54.1 Å². The zero-order valence-electron chi connectivity index (χ0n) is 25.6. The van der Waals surface area contributed by atoms with E-state index in [4.69, 9.17) is 25.8 Å². The van der Waals surface area contributed by atoms with Crippen molar-refractivity contribution in [2.45, 2.75) is 83.2 Å². The molecular weight excluding hydrogens is 570 g/mol. The number of hydrogen-bond acceptors (Lipinski definition) is 8. The minimum Gasteiger partial charge on any atom is -0.487 e. The summed E-state index contributed by atoms with van der Waals surface area (Å²) in [5, 5.41) is 22.9. The Kier molecular flexibility index (Phi) is 10.5. The molecule has 43 heavy (non-hydrogen) atoms. The van der Waals surface area contributed by atoms with Gasteiger partial charge in [-0.3, -0.25) is 4.79 Å². The Morgan fingerprint density at radius 2 is 1.93 bits per heavy atom. The molecule has 2 N–H and O–H groups in total. The average molecular weight is 614 g/mol. The second kappa shape index (κ2) is 13.7. The summed E-state index contributed by atoms with van der Waals surface area (Å²) in [6, 6.07) is 10.9. The number of aryl methyl sites for hydroxylation is 1. The number of aliphatic hydroxyl groups is 2. The molecule has 1 aliphatic heterocycles. The number of rotatable bonds is 8. The maximum absolute atomic E-state index is 13.0. The molecule has 234 valence electrons. The molecule has 1 fully saturated rings. The van der Waals surface area contributed by atoms with Crippen molar-refractivity contribution in [2.75, 3.05) is 25.1 Å². The van der Waals surface area contributed by atoms with Gasteiger partial charge in [0.15, 0.2) is 5.60 Å². The minimum absolute atomic E-state index is 0.105. The van der Waals surface area contributed by atoms with Gasteiger partial charge in [0.25, 0.3) is 0 Å². The number of carbonyl (C=O) groups is 2. The van der Waals surface area contributed by atoms with E-state index >= 15 is 0 Å². The van der Waals surface area contributed by atoms with Gasteiger partial charge in [0.1, 0.15) is 18.0 Å². The number of nitrogens with zero attached hydrogens (tertiary/aromatic N) is 1. The van der Waals surface area contributed by atoms with Crippen molar-refractivity contribution < 1.29 is 34.0 Å². The second-order valence-corrected chi connectivity index (χ2v) is 13.1. The highest BCUT2D eigenvalue weighted by molar-refractivity contribution is 6.30. The fourth-order valence-corrected chi connectivity index (χ4v) is 6.17. The van der Waals surface area contributed by atoms with Crippen molar-refractivity contribution >= 4 is 29.2 Å². The Morgan fingerprint density at radius 3 is 2.58 bits per heavy atom. The van der Waals surface area contributed by atoms with Gasteiger partial charge in [-0.2, -0.15) is 0 Å². The molecule has 1 saturated carbocycles. The third kappa shape index (κ3) is 7.91. The minimum atomic E-state index is -2.27. The maximum Gasteiger partial charge on any atom is 0.343 e. The van der Waals surface area contributed by atoms with Crippen molar-refractivity contribution in [2.24, 2.45) is 11.8 Å². The van der Waals surface area contributed by atoms with Crippen LogP contribution in [0.1, 0.15) is 69.6 Å². The number of aliphatic hydroxyl groups excluding tert-OH is 1. The van der Waals surface area contributed by atoms with Gasteiger partial charge in [-0.15, -0.1) is 6.58 Å². The van der Waals surface area contributed by atoms with E-state index in [1.54, 1.807) is 45.0 Å². The first-order valence-electron chi connectivity index (χ1n) is 15.0. The Morgan fingerprint density at radius 1 is 1.16 bits per heavy atom. The van der Waals surface area contributed by atoms with Gasteiger partial charge in [-0.05, 0) is 106 Å². The second-order valence-electron chi connectivity index (χ2n) is 12.6. The summed E-state index contributed by atoms with van der Waals surface area (Å²) in [6.45, 7) is 10.6. The van der Waals surface area contributed by atoms with Gasteiger partial charge in [0, 0.05) is 18.1 Å². The van der Waals surface area contributed by atoms with Crippen LogP contribution >= 0.6 is 11.6 Å². The van der Waals surface area contributed by atoms with Crippen molar-refractivity contribution in [3.05, 3.63) is 70.8 Å². The van der Waals surface area contributed by atoms with Crippen LogP contribution in [0.25, 0.3) is 0 Å². The van der Waals surface area contributed by atoms with E-state index in [1.807, 2.05) is 18.2 Å². The summed E-state index contributed by atoms with van der Waals surface area (Å²) < 4.78 is 16.8. The van der Waals surface area contributed by atoms with Gasteiger partial charge in [0.05, 0.1) is 25.3 Å². The third-order valence-electron chi connectivity index (χ3n) is 8.41. The van der Waals surface area contributed by atoms with Crippen molar-refractivity contribution in [3.63, 3.8) is 0 Å². The van der Waals surface area contributed by atoms with Crippen LogP contribution in [-0.2, 0) is 37.7 Å². The number of fused-ring (bicyclic) bond motifs is 2. The number of methoxy groups -OCH3 is 1. The summed E-state index contributed by atoms with van der Waals surface area (Å²) in [6.07, 6.45) is 4.94. The summed E-state index contributed by atoms with van der Waals surface area (Å²) in [7, 11) is 1.17. The van der Waals surface area contributed by atoms with Crippen LogP contribution in [0.3, 0.4) is 0 Å². The lowest BCUT2D eigenvalue weighted by molar-refractivity contribution is -0.175. The number of carbonyl (C=O) groups excluding carboxylic acids is 2. The number of halogens is 1. The Bertz CT molecular complexity index is 1320. The molecule has 4 rings (SSSR count). The highest BCUT2D eigenvalue weighted by Gasteiger charge is 2.44. The first-order valence-corrected chi connectivity index (χ1v) is 15.3. The van der Waals surface area contributed by atoms with Gasteiger partial charge >= 0.3 is 11.9 Å². The summed E-state index contributed by atoms with van der Waals surface area (Å²) in [5.74, 6) is -0.769. The highest BCUT2D eigenvalue weighted by Crippen LogP contribution is 2.42. The molecule has 2 aromatic rings. The lowest BCUT2D eigenvalue weighted by Crippen LogP contribution is -2.43. The normalized spacial score (nSPS) is 21.0. The van der Waals surface area contributed by atoms with Crippen LogP contribution in [0, 0.1) is 11.8 Å². The molecule has 9 heteroatoms. The van der Waals surface area contributed by atoms with Crippen LogP contribution in [0.5, 0.6) is 5.75 Å². The van der Waals surface area contributed by atoms with E-state index in [2.05, 4.69) is 11.5 Å². The van der Waals surface area contributed by atoms with E-state index in [1.165, 1.54) is 7.11 Å². The SMILES string of the molecule is C=C[C@H](O)[C@@H]1CC[C@H]1CN1CCCCc2cc(Cl)ccc2COc2ccc(C(O)(CC(=O)OC(C)(C)C)C(=O)OC)cc21. The molecule has 1 unspecified atom stereocenters. The zero-order valence-corrected chi connectivity index (χ0v) is 26.4. The molecule has 0 radical (unpaired) electrons. The van der Waals surface area contributed by atoms with Gasteiger partial charge in [-0.25, -0.2) is 4.79 Å². The predicted octanol–water partition coefficient (Wildman–Crippen LogP) is 5.73. The van der Waals surface area contributed by atoms with Crippen LogP contribution in [0.15, 0.2) is 49.1 Å². The topological polar surface area (TPSA) is 106 Å². The number of ether oxygens (including phenoxy) is 3. The maximum atomic E-state index is 13.0. The molecule has 2 aromatic carbocycles. The van der Waals surface area contributed by atoms with E-state index in [0.717, 1.165) is 43.2 Å². The molecule has 0 aromatic heterocycles. The van der Waals surface area contributed by atoms with E-state index in [-0.39, 0.29) is 17.4 Å². The Balaban J connectivity index is 1.75. The van der Waals surface area contributed by atoms with Gasteiger partial charge in [0.2, 0.25) is 0 Å². The molecule has 2 aliphatic rings. The summed E-state index contributed by atoms with van der Waals surface area (Å²) >= 11 is 6.31. The molecule has 1 heterocycles. The first kappa shape index (κ1) is 32.8. The number of anilines is 1. The van der Waals surface area contributed by atoms with E-state index in [0.29, 0.717) is 36.2 Å². The zero-order chi connectivity index (χ0) is 31.4. The molecule has 4 atom stereocenters. The van der Waals surface area contributed by atoms with Crippen molar-refractivity contribution in [1.29, 1.82) is 0 Å². The molecular formula is C34H44ClNO7. The van der Waals surface area contributed by atoms with E-state index in [9.17, 15) is 19.8 Å². The largest absolute Gasteiger partial charge is 0.487 e. The van der Waals surface area contributed by atoms with Gasteiger partial charge in [-0.1, -0.05) is 29.8 Å². The quantitative estimate of drug-likeness (QED) is 0.287. The van der Waals surface area contributed by atoms with Crippen molar-refractivity contribution in [3.8, 4) is 5.75 Å². The van der Waals surface area contributed by atoms with Crippen LogP contribution in [0.2, 0.25) is 5.02 Å². The Hall–Kier alpha value is -3.07. The van der Waals surface area contributed by atoms with Crippen LogP contribution < -0.4 is 9.64 Å². The molecule has 0 amide bonds. The molecule has 1 aliphatic carbocycles. The molecule has 0 saturated heterocycles. The van der Waals surface area contributed by atoms with Gasteiger partial charge < -0.3 is 29.3 Å². The summed E-state index contributed by atoms with van der Waals surface area (Å²) in [4.78, 5) is 28.1. The third-order valence-corrected chi connectivity index (χ3v) is 8.64. The lowest BCUT2D eigenvalue weighted by Gasteiger charge is -2.42. The average Bonchev–Trinajstić information content (AvgIpc) is 2.96. The van der Waals surface area contributed by atoms with Crippen molar-refractivity contribution in [1.82, 2.24) is 0 Å². The Labute approximate surface area is 259 Å². The number of benzene rings is 2. The molecule has 8 nitrogen and oxygen atoms in total. The monoisotopic (exact) mass is 613 g/mol. The van der Waals surface area contributed by atoms with E-state index < -0.39 is 35.7 Å². The molecule has 0 bridgehead atoms. The lowest BCUT2D eigenvalue weighted by atomic mass is 9.70. The fourth-order valence-electron chi connectivity index (χ4n) is 5.97. The molecule has 0 spiro atoms.